The van der Waals surface area contributed by atoms with Gasteiger partial charge in [0, 0.05) is 12.1 Å². The number of aromatic nitrogens is 2. The summed E-state index contributed by atoms with van der Waals surface area (Å²) in [5.41, 5.74) is 1.01. The van der Waals surface area contributed by atoms with Gasteiger partial charge in [0.1, 0.15) is 16.0 Å². The fraction of sp³-hybridized carbons (Fsp3) is 0.0588. The Morgan fingerprint density at radius 3 is 2.64 bits per heavy atom. The van der Waals surface area contributed by atoms with Crippen molar-refractivity contribution >= 4 is 39.2 Å². The van der Waals surface area contributed by atoms with Crippen molar-refractivity contribution in [1.82, 2.24) is 9.78 Å². The summed E-state index contributed by atoms with van der Waals surface area (Å²) in [6.07, 6.45) is 0. The minimum absolute atomic E-state index is 0.0949. The van der Waals surface area contributed by atoms with Gasteiger partial charge < -0.3 is 4.42 Å². The van der Waals surface area contributed by atoms with Gasteiger partial charge in [-0.05, 0) is 19.1 Å². The Morgan fingerprint density at radius 1 is 1.24 bits per heavy atom. The molecule has 0 N–H and O–H groups in total. The van der Waals surface area contributed by atoms with Gasteiger partial charge in [0.05, 0.1) is 27.2 Å². The predicted octanol–water partition coefficient (Wildman–Crippen LogP) is 4.00. The Hall–Kier alpha value is -3.19. The second-order valence-electron chi connectivity index (χ2n) is 5.50. The molecule has 8 heteroatoms. The molecule has 2 aromatic carbocycles. The third kappa shape index (κ3) is 2.28. The molecule has 124 valence electrons. The lowest BCUT2D eigenvalue weighted by molar-refractivity contribution is -0.384. The molecule has 0 atom stereocenters. The van der Waals surface area contributed by atoms with Crippen molar-refractivity contribution in [3.63, 3.8) is 0 Å². The van der Waals surface area contributed by atoms with E-state index in [0.29, 0.717) is 16.6 Å². The smallest absolute Gasteiger partial charge is 0.347 e. The first-order chi connectivity index (χ1) is 12.0. The number of halogens is 1. The molecular formula is C17H10ClN3O4. The number of nitro benzene ring substituents is 1. The number of fused-ring (bicyclic) bond motifs is 3. The van der Waals surface area contributed by atoms with Crippen molar-refractivity contribution in [3.8, 4) is 5.69 Å². The van der Waals surface area contributed by atoms with Crippen LogP contribution in [0.4, 0.5) is 5.69 Å². The van der Waals surface area contributed by atoms with Crippen LogP contribution in [0.5, 0.6) is 0 Å². The average Bonchev–Trinajstić information content (AvgIpc) is 2.93. The number of hydrogen-bond acceptors (Lipinski definition) is 5. The van der Waals surface area contributed by atoms with E-state index in [1.807, 2.05) is 30.3 Å². The highest BCUT2D eigenvalue weighted by atomic mass is 35.5. The summed E-state index contributed by atoms with van der Waals surface area (Å²) < 4.78 is 6.89. The minimum atomic E-state index is -0.575. The zero-order valence-corrected chi connectivity index (χ0v) is 13.6. The van der Waals surface area contributed by atoms with Gasteiger partial charge >= 0.3 is 5.63 Å². The van der Waals surface area contributed by atoms with Gasteiger partial charge in [0.25, 0.3) is 5.69 Å². The van der Waals surface area contributed by atoms with Crippen molar-refractivity contribution in [2.45, 2.75) is 6.92 Å². The molecule has 0 saturated carbocycles. The van der Waals surface area contributed by atoms with Crippen LogP contribution in [0.2, 0.25) is 5.02 Å². The summed E-state index contributed by atoms with van der Waals surface area (Å²) in [5, 5.41) is 16.2. The zero-order chi connectivity index (χ0) is 17.7. The SMILES string of the molecule is Cc1nn(-c2ccccc2)c2c1c(=O)oc1cc(Cl)c([N+](=O)[O-])cc12. The van der Waals surface area contributed by atoms with Crippen molar-refractivity contribution in [2.75, 3.05) is 0 Å². The minimum Gasteiger partial charge on any atom is -0.422 e. The fourth-order valence-corrected chi connectivity index (χ4v) is 3.10. The van der Waals surface area contributed by atoms with E-state index in [4.69, 9.17) is 16.0 Å². The first-order valence-corrected chi connectivity index (χ1v) is 7.70. The Labute approximate surface area is 145 Å². The summed E-state index contributed by atoms with van der Waals surface area (Å²) >= 11 is 5.94. The lowest BCUT2D eigenvalue weighted by atomic mass is 10.1. The van der Waals surface area contributed by atoms with E-state index in [-0.39, 0.29) is 21.7 Å². The average molecular weight is 356 g/mol. The van der Waals surface area contributed by atoms with Crippen LogP contribution in [0.15, 0.2) is 51.7 Å². The molecule has 0 amide bonds. The number of rotatable bonds is 2. The molecule has 2 aromatic heterocycles. The van der Waals surface area contributed by atoms with Crippen molar-refractivity contribution < 1.29 is 9.34 Å². The summed E-state index contributed by atoms with van der Waals surface area (Å²) in [7, 11) is 0. The van der Waals surface area contributed by atoms with Gasteiger partial charge in [-0.3, -0.25) is 10.1 Å². The lowest BCUT2D eigenvalue weighted by Crippen LogP contribution is -2.02. The van der Waals surface area contributed by atoms with Crippen molar-refractivity contribution in [1.29, 1.82) is 0 Å². The molecule has 0 fully saturated rings. The third-order valence-corrected chi connectivity index (χ3v) is 4.27. The Morgan fingerprint density at radius 2 is 1.96 bits per heavy atom. The van der Waals surface area contributed by atoms with Crippen LogP contribution in [0.1, 0.15) is 5.69 Å². The van der Waals surface area contributed by atoms with Gasteiger partial charge in [0.2, 0.25) is 0 Å². The van der Waals surface area contributed by atoms with E-state index in [1.54, 1.807) is 11.6 Å². The topological polar surface area (TPSA) is 91.2 Å². The molecule has 7 nitrogen and oxygen atoms in total. The van der Waals surface area contributed by atoms with E-state index >= 15 is 0 Å². The Balaban J connectivity index is 2.24. The van der Waals surface area contributed by atoms with Gasteiger partial charge in [-0.15, -0.1) is 0 Å². The molecule has 0 spiro atoms. The molecule has 0 bridgehead atoms. The Kier molecular flexibility index (Phi) is 3.33. The predicted molar refractivity (Wildman–Crippen MR) is 93.5 cm³/mol. The molecule has 0 unspecified atom stereocenters. The quantitative estimate of drug-likeness (QED) is 0.308. The molecule has 4 aromatic rings. The second-order valence-corrected chi connectivity index (χ2v) is 5.91. The number of para-hydroxylation sites is 1. The van der Waals surface area contributed by atoms with E-state index in [9.17, 15) is 14.9 Å². The van der Waals surface area contributed by atoms with Crippen LogP contribution in [-0.2, 0) is 0 Å². The van der Waals surface area contributed by atoms with Gasteiger partial charge in [-0.25, -0.2) is 9.48 Å². The molecule has 0 saturated heterocycles. The standard InChI is InChI=1S/C17H10ClN3O4/c1-9-15-16(20(19-9)10-5-3-2-4-6-10)11-7-13(21(23)24)12(18)8-14(11)25-17(15)22/h2-8H,1H3. The van der Waals surface area contributed by atoms with Crippen LogP contribution in [0, 0.1) is 17.0 Å². The van der Waals surface area contributed by atoms with E-state index in [1.165, 1.54) is 12.1 Å². The highest BCUT2D eigenvalue weighted by Crippen LogP contribution is 2.34. The van der Waals surface area contributed by atoms with E-state index < -0.39 is 10.5 Å². The fourth-order valence-electron chi connectivity index (χ4n) is 2.88. The van der Waals surface area contributed by atoms with Crippen LogP contribution in [0.25, 0.3) is 27.6 Å². The zero-order valence-electron chi connectivity index (χ0n) is 12.9. The number of aryl methyl sites for hydroxylation is 1. The van der Waals surface area contributed by atoms with Crippen molar-refractivity contribution in [3.05, 3.63) is 73.7 Å². The molecule has 0 aliphatic carbocycles. The molecular weight excluding hydrogens is 346 g/mol. The van der Waals surface area contributed by atoms with Gasteiger partial charge in [-0.2, -0.15) is 5.10 Å². The molecule has 0 radical (unpaired) electrons. The number of nitro groups is 1. The normalized spacial score (nSPS) is 11.3. The maximum absolute atomic E-state index is 12.4. The molecule has 4 rings (SSSR count). The Bertz CT molecular complexity index is 1210. The van der Waals surface area contributed by atoms with Crippen LogP contribution in [0.3, 0.4) is 0 Å². The van der Waals surface area contributed by atoms with E-state index in [0.717, 1.165) is 5.69 Å². The van der Waals surface area contributed by atoms with Crippen molar-refractivity contribution in [2.24, 2.45) is 0 Å². The largest absolute Gasteiger partial charge is 0.422 e. The summed E-state index contributed by atoms with van der Waals surface area (Å²) in [6.45, 7) is 1.69. The molecule has 0 aliphatic heterocycles. The van der Waals surface area contributed by atoms with Gasteiger partial charge in [0.15, 0.2) is 0 Å². The summed E-state index contributed by atoms with van der Waals surface area (Å²) in [6, 6.07) is 11.8. The number of benzene rings is 2. The first-order valence-electron chi connectivity index (χ1n) is 7.33. The monoisotopic (exact) mass is 355 g/mol. The third-order valence-electron chi connectivity index (χ3n) is 3.97. The summed E-state index contributed by atoms with van der Waals surface area (Å²) in [5.74, 6) is 0. The highest BCUT2D eigenvalue weighted by Gasteiger charge is 2.22. The summed E-state index contributed by atoms with van der Waals surface area (Å²) in [4.78, 5) is 23.1. The van der Waals surface area contributed by atoms with Crippen LogP contribution < -0.4 is 5.63 Å². The number of nitrogens with zero attached hydrogens (tertiary/aromatic N) is 3. The molecule has 25 heavy (non-hydrogen) atoms. The van der Waals surface area contributed by atoms with E-state index in [2.05, 4.69) is 5.10 Å². The number of hydrogen-bond donors (Lipinski definition) is 0. The maximum atomic E-state index is 12.4. The van der Waals surface area contributed by atoms with Crippen LogP contribution in [-0.4, -0.2) is 14.7 Å². The lowest BCUT2D eigenvalue weighted by Gasteiger charge is -2.06. The molecule has 0 aliphatic rings. The van der Waals surface area contributed by atoms with Crippen LogP contribution >= 0.6 is 11.6 Å². The first kappa shape index (κ1) is 15.3. The second kappa shape index (κ2) is 5.42. The molecule has 2 heterocycles. The maximum Gasteiger partial charge on any atom is 0.347 e. The van der Waals surface area contributed by atoms with Gasteiger partial charge in [-0.1, -0.05) is 29.8 Å². The highest BCUT2D eigenvalue weighted by molar-refractivity contribution is 6.33.